The molecule has 0 radical (unpaired) electrons. The number of aromatic nitrogens is 1. The van der Waals surface area contributed by atoms with Crippen LogP contribution in [-0.4, -0.2) is 23.7 Å². The van der Waals surface area contributed by atoms with Gasteiger partial charge in [-0.1, -0.05) is 30.3 Å². The van der Waals surface area contributed by atoms with Crippen LogP contribution in [0.25, 0.3) is 10.9 Å². The zero-order valence-electron chi connectivity index (χ0n) is 14.0. The van der Waals surface area contributed by atoms with Crippen LogP contribution in [-0.2, 0) is 16.8 Å². The van der Waals surface area contributed by atoms with Gasteiger partial charge in [0.2, 0.25) is 0 Å². The van der Waals surface area contributed by atoms with Crippen molar-refractivity contribution in [2.75, 3.05) is 0 Å². The lowest BCUT2D eigenvalue weighted by atomic mass is 9.94. The molecule has 0 fully saturated rings. The summed E-state index contributed by atoms with van der Waals surface area (Å²) in [6.45, 7) is 1.17. The fraction of sp³-hybridized carbons (Fsp3) is 0.111. The van der Waals surface area contributed by atoms with Crippen molar-refractivity contribution in [1.82, 2.24) is 4.98 Å². The van der Waals surface area contributed by atoms with Crippen LogP contribution in [0.1, 0.15) is 28.4 Å². The molecule has 27 heavy (non-hydrogen) atoms. The van der Waals surface area contributed by atoms with Gasteiger partial charge < -0.3 is 9.17 Å². The number of hydrogen-bond donors (Lipinski definition) is 2. The van der Waals surface area contributed by atoms with E-state index in [1.807, 2.05) is 0 Å². The first-order chi connectivity index (χ1) is 12.7. The van der Waals surface area contributed by atoms with Gasteiger partial charge in [-0.2, -0.15) is 8.42 Å². The molecule has 0 aliphatic carbocycles. The first-order valence-electron chi connectivity index (χ1n) is 7.76. The Bertz CT molecular complexity index is 1200. The van der Waals surface area contributed by atoms with Crippen LogP contribution in [0.2, 0.25) is 0 Å². The molecule has 0 spiro atoms. The molecule has 0 unspecified atom stereocenters. The number of nitrogens with one attached hydrogen (secondary N) is 1. The van der Waals surface area contributed by atoms with Gasteiger partial charge in [0, 0.05) is 5.39 Å². The molecule has 0 aliphatic heterocycles. The Morgan fingerprint density at radius 2 is 1.85 bits per heavy atom. The Labute approximate surface area is 153 Å². The van der Waals surface area contributed by atoms with E-state index in [0.29, 0.717) is 5.56 Å². The first-order valence-corrected chi connectivity index (χ1v) is 9.13. The monoisotopic (exact) mass is 391 g/mol. The molecule has 2 aromatic carbocycles. The van der Waals surface area contributed by atoms with Gasteiger partial charge in [-0.3, -0.25) is 14.1 Å². The van der Waals surface area contributed by atoms with Crippen molar-refractivity contribution in [2.24, 2.45) is 0 Å². The molecule has 0 saturated heterocycles. The van der Waals surface area contributed by atoms with Crippen molar-refractivity contribution in [3.8, 4) is 5.75 Å². The van der Waals surface area contributed by atoms with Crippen LogP contribution < -0.4 is 9.74 Å². The van der Waals surface area contributed by atoms with Crippen LogP contribution in [0.5, 0.6) is 5.75 Å². The number of halogens is 1. The summed E-state index contributed by atoms with van der Waals surface area (Å²) in [4.78, 5) is 26.7. The molecule has 140 valence electrons. The van der Waals surface area contributed by atoms with Gasteiger partial charge in [0.05, 0.1) is 11.1 Å². The Kier molecular flexibility index (Phi) is 4.81. The SMILES string of the molecule is CC(=O)c1c(Cc2ccccc2)c2c(OS(=O)(=O)O)ccc(F)c2[nH]c1=O. The molecule has 0 saturated carbocycles. The lowest BCUT2D eigenvalue weighted by Crippen LogP contribution is -2.21. The van der Waals surface area contributed by atoms with Crippen molar-refractivity contribution in [3.05, 3.63) is 75.3 Å². The molecular formula is C18H14FNO6S. The number of aromatic amines is 1. The summed E-state index contributed by atoms with van der Waals surface area (Å²) in [5.74, 6) is -1.82. The number of fused-ring (bicyclic) bond motifs is 1. The molecule has 0 bridgehead atoms. The van der Waals surface area contributed by atoms with Gasteiger partial charge in [-0.15, -0.1) is 0 Å². The Morgan fingerprint density at radius 3 is 2.44 bits per heavy atom. The largest absolute Gasteiger partial charge is 0.446 e. The number of rotatable bonds is 5. The highest BCUT2D eigenvalue weighted by Crippen LogP contribution is 2.32. The predicted octanol–water partition coefficient (Wildman–Crippen LogP) is 2.64. The summed E-state index contributed by atoms with van der Waals surface area (Å²) in [5, 5.41) is -0.110. The fourth-order valence-electron chi connectivity index (χ4n) is 2.95. The maximum Gasteiger partial charge on any atom is 0.446 e. The molecule has 0 aliphatic rings. The van der Waals surface area contributed by atoms with Crippen molar-refractivity contribution in [3.63, 3.8) is 0 Å². The highest BCUT2D eigenvalue weighted by atomic mass is 32.3. The van der Waals surface area contributed by atoms with Gasteiger partial charge in [0.1, 0.15) is 5.82 Å². The van der Waals surface area contributed by atoms with Crippen LogP contribution in [0.15, 0.2) is 47.3 Å². The maximum absolute atomic E-state index is 14.3. The lowest BCUT2D eigenvalue weighted by molar-refractivity contribution is 0.101. The number of H-pyrrole nitrogens is 1. The van der Waals surface area contributed by atoms with Gasteiger partial charge in [0.15, 0.2) is 11.5 Å². The zero-order valence-corrected chi connectivity index (χ0v) is 14.8. The van der Waals surface area contributed by atoms with Crippen molar-refractivity contribution in [2.45, 2.75) is 13.3 Å². The molecule has 1 heterocycles. The topological polar surface area (TPSA) is 114 Å². The summed E-state index contributed by atoms with van der Waals surface area (Å²) >= 11 is 0. The molecule has 3 rings (SSSR count). The standard InChI is InChI=1S/C18H14FNO6S/c1-10(21)15-12(9-11-5-3-2-4-6-11)16-14(26-27(23,24)25)8-7-13(19)17(16)20-18(15)22/h2-8H,9H2,1H3,(H,20,22)(H,23,24,25). The van der Waals surface area contributed by atoms with Crippen molar-refractivity contribution < 1.29 is 26.3 Å². The van der Waals surface area contributed by atoms with Crippen LogP contribution in [0, 0.1) is 5.82 Å². The van der Waals surface area contributed by atoms with Crippen molar-refractivity contribution in [1.29, 1.82) is 0 Å². The van der Waals surface area contributed by atoms with E-state index in [1.54, 1.807) is 30.3 Å². The Morgan fingerprint density at radius 1 is 1.19 bits per heavy atom. The fourth-order valence-corrected chi connectivity index (χ4v) is 3.32. The number of hydrogen-bond acceptors (Lipinski definition) is 5. The number of ketones is 1. The smallest absolute Gasteiger partial charge is 0.361 e. The highest BCUT2D eigenvalue weighted by Gasteiger charge is 2.23. The second-order valence-corrected chi connectivity index (χ2v) is 6.85. The van der Waals surface area contributed by atoms with Crippen molar-refractivity contribution >= 4 is 27.1 Å². The molecule has 9 heteroatoms. The maximum atomic E-state index is 14.3. The average molecular weight is 391 g/mol. The van der Waals surface area contributed by atoms with Gasteiger partial charge in [0.25, 0.3) is 5.56 Å². The summed E-state index contributed by atoms with van der Waals surface area (Å²) in [7, 11) is -4.91. The minimum absolute atomic E-state index is 0.0431. The van der Waals surface area contributed by atoms with E-state index in [0.717, 1.165) is 12.1 Å². The number of benzene rings is 2. The zero-order chi connectivity index (χ0) is 19.8. The van der Waals surface area contributed by atoms with E-state index in [-0.39, 0.29) is 28.5 Å². The second kappa shape index (κ2) is 6.93. The molecule has 3 aromatic rings. The normalized spacial score (nSPS) is 11.5. The van der Waals surface area contributed by atoms with E-state index in [9.17, 15) is 22.4 Å². The van der Waals surface area contributed by atoms with E-state index in [2.05, 4.69) is 9.17 Å². The molecular weight excluding hydrogens is 377 g/mol. The lowest BCUT2D eigenvalue weighted by Gasteiger charge is -2.14. The first kappa shape index (κ1) is 18.7. The molecule has 2 N–H and O–H groups in total. The molecule has 1 aromatic heterocycles. The average Bonchev–Trinajstić information content (AvgIpc) is 2.57. The van der Waals surface area contributed by atoms with E-state index in [4.69, 9.17) is 4.55 Å². The van der Waals surface area contributed by atoms with E-state index < -0.39 is 33.3 Å². The minimum atomic E-state index is -4.91. The number of carbonyl (C=O) groups excluding carboxylic acids is 1. The quantitative estimate of drug-likeness (QED) is 0.511. The number of Topliss-reactive ketones (excluding diaryl/α,β-unsaturated/α-hetero) is 1. The summed E-state index contributed by atoms with van der Waals surface area (Å²) in [6, 6.07) is 10.6. The second-order valence-electron chi connectivity index (χ2n) is 5.83. The van der Waals surface area contributed by atoms with Gasteiger partial charge in [-0.25, -0.2) is 4.39 Å². The third-order valence-corrected chi connectivity index (χ3v) is 4.35. The van der Waals surface area contributed by atoms with E-state index >= 15 is 0 Å². The summed E-state index contributed by atoms with van der Waals surface area (Å²) in [5.41, 5.74) is -0.558. The molecule has 0 atom stereocenters. The Hall–Kier alpha value is -3.04. The van der Waals surface area contributed by atoms with Crippen LogP contribution >= 0.6 is 0 Å². The Balaban J connectivity index is 2.43. The number of pyridine rings is 1. The third-order valence-electron chi connectivity index (χ3n) is 3.96. The van der Waals surface area contributed by atoms with Gasteiger partial charge in [-0.05, 0) is 36.6 Å². The molecule has 7 nitrogen and oxygen atoms in total. The minimum Gasteiger partial charge on any atom is -0.361 e. The van der Waals surface area contributed by atoms with E-state index in [1.165, 1.54) is 6.92 Å². The summed E-state index contributed by atoms with van der Waals surface area (Å²) < 4.78 is 50.3. The third kappa shape index (κ3) is 3.88. The predicted molar refractivity (Wildman–Crippen MR) is 96.0 cm³/mol. The highest BCUT2D eigenvalue weighted by molar-refractivity contribution is 7.81. The van der Waals surface area contributed by atoms with Gasteiger partial charge >= 0.3 is 10.4 Å². The van der Waals surface area contributed by atoms with Crippen LogP contribution in [0.3, 0.4) is 0 Å². The van der Waals surface area contributed by atoms with Crippen LogP contribution in [0.4, 0.5) is 4.39 Å². The number of carbonyl (C=O) groups is 1. The summed E-state index contributed by atoms with van der Waals surface area (Å²) in [6.07, 6.45) is 0.0431. The molecule has 0 amide bonds.